The number of nitrogens with zero attached hydrogens (tertiary/aromatic N) is 3. The van der Waals surface area contributed by atoms with Gasteiger partial charge in [0.1, 0.15) is 5.69 Å². The van der Waals surface area contributed by atoms with Gasteiger partial charge in [-0.3, -0.25) is 0 Å². The Balaban J connectivity index is 2.27. The number of aryl methyl sites for hydroxylation is 1. The molecule has 0 spiro atoms. The minimum Gasteiger partial charge on any atom is -0.390 e. The molecule has 4 nitrogen and oxygen atoms in total. The number of aliphatic hydroxyl groups excluding tert-OH is 1. The van der Waals surface area contributed by atoms with Crippen molar-refractivity contribution < 1.29 is 5.11 Å². The molecule has 0 atom stereocenters. The molecule has 1 saturated carbocycles. The molecule has 0 radical (unpaired) electrons. The van der Waals surface area contributed by atoms with Gasteiger partial charge in [-0.25, -0.2) is 4.68 Å². The van der Waals surface area contributed by atoms with Crippen molar-refractivity contribution in [1.82, 2.24) is 15.0 Å². The molecule has 4 heteroatoms. The SMILES string of the molecule is CCCn1nnc(CO)c1C1CCCC1. The van der Waals surface area contributed by atoms with Crippen molar-refractivity contribution in [3.63, 3.8) is 0 Å². The topological polar surface area (TPSA) is 50.9 Å². The monoisotopic (exact) mass is 209 g/mol. The standard InChI is InChI=1S/C11H19N3O/c1-2-7-14-11(9-5-3-4-6-9)10(8-15)12-13-14/h9,15H,2-8H2,1H3. The van der Waals surface area contributed by atoms with Crippen LogP contribution in [-0.2, 0) is 13.2 Å². The summed E-state index contributed by atoms with van der Waals surface area (Å²) in [7, 11) is 0. The van der Waals surface area contributed by atoms with E-state index in [4.69, 9.17) is 0 Å². The molecule has 15 heavy (non-hydrogen) atoms. The summed E-state index contributed by atoms with van der Waals surface area (Å²) in [6.07, 6.45) is 6.11. The average molecular weight is 209 g/mol. The van der Waals surface area contributed by atoms with Crippen LogP contribution in [0.1, 0.15) is 56.3 Å². The fraction of sp³-hybridized carbons (Fsp3) is 0.818. The second-order valence-electron chi connectivity index (χ2n) is 4.28. The van der Waals surface area contributed by atoms with Crippen molar-refractivity contribution in [3.8, 4) is 0 Å². The molecule has 0 aromatic carbocycles. The Morgan fingerprint density at radius 3 is 2.73 bits per heavy atom. The molecule has 0 aliphatic heterocycles. The van der Waals surface area contributed by atoms with Gasteiger partial charge in [-0.2, -0.15) is 0 Å². The van der Waals surface area contributed by atoms with E-state index in [0.29, 0.717) is 5.92 Å². The summed E-state index contributed by atoms with van der Waals surface area (Å²) < 4.78 is 1.99. The maximum Gasteiger partial charge on any atom is 0.112 e. The predicted molar refractivity (Wildman–Crippen MR) is 57.4 cm³/mol. The maximum atomic E-state index is 9.24. The molecule has 1 heterocycles. The number of aliphatic hydroxyl groups is 1. The third-order valence-corrected chi connectivity index (χ3v) is 3.17. The summed E-state index contributed by atoms with van der Waals surface area (Å²) in [5.74, 6) is 0.577. The van der Waals surface area contributed by atoms with E-state index in [9.17, 15) is 5.11 Å². The number of aromatic nitrogens is 3. The predicted octanol–water partition coefficient (Wildman–Crippen LogP) is 1.84. The van der Waals surface area contributed by atoms with E-state index in [1.165, 1.54) is 31.4 Å². The second kappa shape index (κ2) is 4.75. The molecule has 84 valence electrons. The van der Waals surface area contributed by atoms with Crippen LogP contribution in [0.3, 0.4) is 0 Å². The van der Waals surface area contributed by atoms with Crippen molar-refractivity contribution in [2.45, 2.75) is 58.1 Å². The van der Waals surface area contributed by atoms with Gasteiger partial charge >= 0.3 is 0 Å². The van der Waals surface area contributed by atoms with Crippen LogP contribution >= 0.6 is 0 Å². The van der Waals surface area contributed by atoms with Crippen molar-refractivity contribution in [3.05, 3.63) is 11.4 Å². The van der Waals surface area contributed by atoms with Gasteiger partial charge in [0, 0.05) is 12.5 Å². The highest BCUT2D eigenvalue weighted by molar-refractivity contribution is 5.16. The molecule has 0 saturated heterocycles. The first kappa shape index (κ1) is 10.6. The average Bonchev–Trinajstić information content (AvgIpc) is 2.85. The normalized spacial score (nSPS) is 17.5. The van der Waals surface area contributed by atoms with Gasteiger partial charge in [0.15, 0.2) is 0 Å². The molecule has 2 rings (SSSR count). The molecule has 1 aliphatic rings. The van der Waals surface area contributed by atoms with Gasteiger partial charge < -0.3 is 5.11 Å². The fourth-order valence-electron chi connectivity index (χ4n) is 2.49. The number of hydrogen-bond acceptors (Lipinski definition) is 3. The van der Waals surface area contributed by atoms with Crippen LogP contribution in [0.5, 0.6) is 0 Å². The van der Waals surface area contributed by atoms with E-state index in [-0.39, 0.29) is 6.61 Å². The molecule has 1 N–H and O–H groups in total. The van der Waals surface area contributed by atoms with E-state index < -0.39 is 0 Å². The van der Waals surface area contributed by atoms with Crippen LogP contribution in [0, 0.1) is 0 Å². The van der Waals surface area contributed by atoms with Crippen molar-refractivity contribution in [2.24, 2.45) is 0 Å². The molecular formula is C11H19N3O. The zero-order chi connectivity index (χ0) is 10.7. The van der Waals surface area contributed by atoms with Crippen LogP contribution in [0.4, 0.5) is 0 Å². The molecule has 1 aromatic heterocycles. The van der Waals surface area contributed by atoms with Gasteiger partial charge in [-0.1, -0.05) is 25.0 Å². The lowest BCUT2D eigenvalue weighted by atomic mass is 10.0. The first-order valence-electron chi connectivity index (χ1n) is 5.90. The summed E-state index contributed by atoms with van der Waals surface area (Å²) in [6.45, 7) is 3.08. The minimum absolute atomic E-state index is 0.0234. The van der Waals surface area contributed by atoms with Crippen molar-refractivity contribution in [2.75, 3.05) is 0 Å². The first-order chi connectivity index (χ1) is 7.36. The summed E-state index contributed by atoms with van der Waals surface area (Å²) in [6, 6.07) is 0. The first-order valence-corrected chi connectivity index (χ1v) is 5.90. The summed E-state index contributed by atoms with van der Waals surface area (Å²) >= 11 is 0. The second-order valence-corrected chi connectivity index (χ2v) is 4.28. The maximum absolute atomic E-state index is 9.24. The van der Waals surface area contributed by atoms with Gasteiger partial charge in [-0.05, 0) is 19.3 Å². The van der Waals surface area contributed by atoms with E-state index in [1.54, 1.807) is 0 Å². The highest BCUT2D eigenvalue weighted by Crippen LogP contribution is 2.35. The van der Waals surface area contributed by atoms with Gasteiger partial charge in [0.25, 0.3) is 0 Å². The molecule has 1 aromatic rings. The highest BCUT2D eigenvalue weighted by Gasteiger charge is 2.24. The smallest absolute Gasteiger partial charge is 0.112 e. The van der Waals surface area contributed by atoms with Crippen LogP contribution in [0.25, 0.3) is 0 Å². The Morgan fingerprint density at radius 1 is 1.40 bits per heavy atom. The molecule has 1 aliphatic carbocycles. The Bertz CT molecular complexity index is 316. The van der Waals surface area contributed by atoms with E-state index in [2.05, 4.69) is 17.2 Å². The molecule has 0 bridgehead atoms. The highest BCUT2D eigenvalue weighted by atomic mass is 16.3. The van der Waals surface area contributed by atoms with Crippen LogP contribution < -0.4 is 0 Å². The Kier molecular flexibility index (Phi) is 3.36. The molecular weight excluding hydrogens is 190 g/mol. The van der Waals surface area contributed by atoms with Crippen LogP contribution in [0.2, 0.25) is 0 Å². The van der Waals surface area contributed by atoms with Crippen LogP contribution in [-0.4, -0.2) is 20.1 Å². The molecule has 0 amide bonds. The van der Waals surface area contributed by atoms with Gasteiger partial charge in [-0.15, -0.1) is 5.10 Å². The fourth-order valence-corrected chi connectivity index (χ4v) is 2.49. The lowest BCUT2D eigenvalue weighted by Gasteiger charge is -2.12. The largest absolute Gasteiger partial charge is 0.390 e. The van der Waals surface area contributed by atoms with E-state index in [0.717, 1.165) is 18.7 Å². The van der Waals surface area contributed by atoms with E-state index in [1.807, 2.05) is 4.68 Å². The summed E-state index contributed by atoms with van der Waals surface area (Å²) in [5.41, 5.74) is 1.98. The summed E-state index contributed by atoms with van der Waals surface area (Å²) in [4.78, 5) is 0. The van der Waals surface area contributed by atoms with Gasteiger partial charge in [0.05, 0.1) is 12.3 Å². The zero-order valence-corrected chi connectivity index (χ0v) is 9.32. The Morgan fingerprint density at radius 2 is 2.13 bits per heavy atom. The minimum atomic E-state index is 0.0234. The zero-order valence-electron chi connectivity index (χ0n) is 9.32. The number of rotatable bonds is 4. The Labute approximate surface area is 90.3 Å². The third-order valence-electron chi connectivity index (χ3n) is 3.17. The van der Waals surface area contributed by atoms with Gasteiger partial charge in [0.2, 0.25) is 0 Å². The van der Waals surface area contributed by atoms with E-state index >= 15 is 0 Å². The lowest BCUT2D eigenvalue weighted by Crippen LogP contribution is -2.09. The molecule has 1 fully saturated rings. The summed E-state index contributed by atoms with van der Waals surface area (Å²) in [5, 5.41) is 17.4. The quantitative estimate of drug-likeness (QED) is 0.823. The Hall–Kier alpha value is -0.900. The molecule has 0 unspecified atom stereocenters. The van der Waals surface area contributed by atoms with Crippen LogP contribution in [0.15, 0.2) is 0 Å². The van der Waals surface area contributed by atoms with Crippen molar-refractivity contribution >= 4 is 0 Å². The number of hydrogen-bond donors (Lipinski definition) is 1. The third kappa shape index (κ3) is 2.04. The van der Waals surface area contributed by atoms with Crippen molar-refractivity contribution in [1.29, 1.82) is 0 Å². The lowest BCUT2D eigenvalue weighted by molar-refractivity contribution is 0.274.